The molecule has 5 aliphatic rings. The van der Waals surface area contributed by atoms with Crippen molar-refractivity contribution in [3.8, 4) is 0 Å². The molecule has 11 heteroatoms. The van der Waals surface area contributed by atoms with Crippen molar-refractivity contribution in [2.45, 2.75) is 71.5 Å². The lowest BCUT2D eigenvalue weighted by atomic mass is 9.77. The highest BCUT2D eigenvalue weighted by Crippen LogP contribution is 2.51. The maximum atomic E-state index is 15.9. The lowest BCUT2D eigenvalue weighted by molar-refractivity contribution is -0.153. The van der Waals surface area contributed by atoms with Gasteiger partial charge >= 0.3 is 0 Å². The van der Waals surface area contributed by atoms with Crippen molar-refractivity contribution in [1.82, 2.24) is 4.90 Å². The molecule has 1 aliphatic carbocycles. The molecule has 2 saturated heterocycles. The number of fused-ring (bicyclic) bond motifs is 2. The molecule has 42 heavy (non-hydrogen) atoms. The van der Waals surface area contributed by atoms with Gasteiger partial charge in [-0.2, -0.15) is 0 Å². The predicted octanol–water partition coefficient (Wildman–Crippen LogP) is 5.03. The summed E-state index contributed by atoms with van der Waals surface area (Å²) < 4.78 is 31.2. The molecule has 3 fully saturated rings. The Morgan fingerprint density at radius 2 is 1.86 bits per heavy atom. The molecule has 0 bridgehead atoms. The standard InChI is InChI=1S/C31H40F2N4O3S2/c1-15(2)11-21-25-16(3)29(17(4)37(25)30(21)39)41-9-10-42-31(40)22-14-36(19-5-6-19)26-20(28(22)38)12-23(32)27(24(26)33)35-8-7-18(34)13-35/h12,15-16,18-19,21-22,25H,5-11,13-14,34H2,1-4H3/t16-,18?,21?,22?,25?/m1/s1. The van der Waals surface area contributed by atoms with Gasteiger partial charge in [0.2, 0.25) is 11.0 Å². The van der Waals surface area contributed by atoms with E-state index in [1.807, 2.05) is 16.7 Å². The van der Waals surface area contributed by atoms with E-state index >= 15 is 8.78 Å². The fraction of sp³-hybridized carbons (Fsp3) is 0.645. The van der Waals surface area contributed by atoms with Gasteiger partial charge in [0, 0.05) is 65.3 Å². The molecule has 4 aliphatic heterocycles. The number of halogens is 2. The summed E-state index contributed by atoms with van der Waals surface area (Å²) in [5, 5.41) is -0.256. The maximum Gasteiger partial charge on any atom is 0.232 e. The maximum absolute atomic E-state index is 15.9. The number of benzene rings is 1. The van der Waals surface area contributed by atoms with Gasteiger partial charge in [-0.05, 0) is 44.6 Å². The highest BCUT2D eigenvalue weighted by atomic mass is 32.2. The van der Waals surface area contributed by atoms with Crippen LogP contribution in [0.5, 0.6) is 0 Å². The molecule has 6 rings (SSSR count). The van der Waals surface area contributed by atoms with Gasteiger partial charge in [0.1, 0.15) is 17.4 Å². The zero-order valence-electron chi connectivity index (χ0n) is 24.7. The van der Waals surface area contributed by atoms with E-state index in [0.29, 0.717) is 36.9 Å². The van der Waals surface area contributed by atoms with Gasteiger partial charge in [0.15, 0.2) is 11.6 Å². The van der Waals surface area contributed by atoms with Crippen LogP contribution in [-0.2, 0) is 9.59 Å². The zero-order chi connectivity index (χ0) is 30.0. The molecule has 7 nitrogen and oxygen atoms in total. The Bertz CT molecular complexity index is 1350. The first kappa shape index (κ1) is 29.9. The van der Waals surface area contributed by atoms with Crippen LogP contribution in [0.3, 0.4) is 0 Å². The summed E-state index contributed by atoms with van der Waals surface area (Å²) in [4.78, 5) is 46.2. The second kappa shape index (κ2) is 11.4. The normalized spacial score (nSPS) is 29.0. The van der Waals surface area contributed by atoms with Crippen LogP contribution >= 0.6 is 23.5 Å². The molecular weight excluding hydrogens is 578 g/mol. The van der Waals surface area contributed by atoms with E-state index in [-0.39, 0.29) is 64.5 Å². The van der Waals surface area contributed by atoms with Gasteiger partial charge in [-0.3, -0.25) is 14.4 Å². The van der Waals surface area contributed by atoms with Crippen molar-refractivity contribution in [2.24, 2.45) is 29.4 Å². The smallest absolute Gasteiger partial charge is 0.232 e. The molecular formula is C31H40F2N4O3S2. The largest absolute Gasteiger partial charge is 0.365 e. The molecule has 4 heterocycles. The lowest BCUT2D eigenvalue weighted by Gasteiger charge is -2.46. The summed E-state index contributed by atoms with van der Waals surface area (Å²) in [5.74, 6) is -0.738. The first-order chi connectivity index (χ1) is 20.0. The van der Waals surface area contributed by atoms with Crippen LogP contribution in [0.4, 0.5) is 20.2 Å². The summed E-state index contributed by atoms with van der Waals surface area (Å²) in [6.07, 6.45) is 3.26. The Morgan fingerprint density at radius 3 is 2.50 bits per heavy atom. The molecule has 1 aromatic rings. The Balaban J connectivity index is 1.11. The number of β-lactam (4-membered cyclic amide) rings is 1. The fourth-order valence-corrected chi connectivity index (χ4v) is 9.50. The Morgan fingerprint density at radius 1 is 1.12 bits per heavy atom. The van der Waals surface area contributed by atoms with Crippen LogP contribution in [-0.4, -0.2) is 71.0 Å². The van der Waals surface area contributed by atoms with E-state index < -0.39 is 23.3 Å². The molecule has 1 aromatic carbocycles. The number of nitrogens with two attached hydrogens (primary N) is 1. The average Bonchev–Trinajstić information content (AvgIpc) is 3.65. The number of amides is 1. The van der Waals surface area contributed by atoms with Crippen LogP contribution in [0.1, 0.15) is 63.7 Å². The monoisotopic (exact) mass is 618 g/mol. The molecule has 0 aromatic heterocycles. The Kier molecular flexibility index (Phi) is 8.15. The van der Waals surface area contributed by atoms with E-state index in [9.17, 15) is 14.4 Å². The van der Waals surface area contributed by atoms with Crippen LogP contribution in [0, 0.1) is 35.3 Å². The van der Waals surface area contributed by atoms with Gasteiger partial charge in [-0.15, -0.1) is 11.8 Å². The average molecular weight is 619 g/mol. The van der Waals surface area contributed by atoms with Gasteiger partial charge in [0.05, 0.1) is 17.6 Å². The summed E-state index contributed by atoms with van der Waals surface area (Å²) in [7, 11) is 0. The van der Waals surface area contributed by atoms with Crippen molar-refractivity contribution < 1.29 is 23.2 Å². The van der Waals surface area contributed by atoms with Crippen LogP contribution in [0.2, 0.25) is 0 Å². The molecule has 2 N–H and O–H groups in total. The zero-order valence-corrected chi connectivity index (χ0v) is 26.3. The van der Waals surface area contributed by atoms with Gasteiger partial charge < -0.3 is 20.4 Å². The third kappa shape index (κ3) is 5.07. The van der Waals surface area contributed by atoms with E-state index in [1.165, 1.54) is 4.91 Å². The predicted molar refractivity (Wildman–Crippen MR) is 165 cm³/mol. The number of hydrogen-bond acceptors (Lipinski definition) is 8. The second-order valence-corrected chi connectivity index (χ2v) is 15.1. The molecule has 0 radical (unpaired) electrons. The van der Waals surface area contributed by atoms with Gasteiger partial charge in [-0.1, -0.05) is 32.5 Å². The van der Waals surface area contributed by atoms with Crippen molar-refractivity contribution in [1.29, 1.82) is 0 Å². The third-order valence-electron chi connectivity index (χ3n) is 9.45. The van der Waals surface area contributed by atoms with Crippen molar-refractivity contribution >= 4 is 51.7 Å². The highest BCUT2D eigenvalue weighted by molar-refractivity contribution is 8.14. The van der Waals surface area contributed by atoms with E-state index in [0.717, 1.165) is 42.8 Å². The minimum atomic E-state index is -0.958. The minimum Gasteiger partial charge on any atom is -0.365 e. The molecule has 1 amide bonds. The number of thioether (sulfide) groups is 2. The van der Waals surface area contributed by atoms with Gasteiger partial charge in [0.25, 0.3) is 0 Å². The summed E-state index contributed by atoms with van der Waals surface area (Å²) >= 11 is 2.81. The van der Waals surface area contributed by atoms with Crippen LogP contribution < -0.4 is 15.5 Å². The highest BCUT2D eigenvalue weighted by Gasteiger charge is 2.55. The van der Waals surface area contributed by atoms with Crippen molar-refractivity contribution in [2.75, 3.05) is 40.9 Å². The van der Waals surface area contributed by atoms with Crippen molar-refractivity contribution in [3.63, 3.8) is 0 Å². The molecule has 0 spiro atoms. The van der Waals surface area contributed by atoms with Crippen LogP contribution in [0.25, 0.3) is 0 Å². The van der Waals surface area contributed by atoms with Crippen LogP contribution in [0.15, 0.2) is 16.7 Å². The quantitative estimate of drug-likeness (QED) is 0.234. The SMILES string of the molecule is CC1=C(SCCSC(=O)C2CN(C3CC3)c3c(cc(F)c(N4CCC(N)C4)c3F)C2=O)[C@H](C)C2C(CC(C)C)C(=O)N12. The topological polar surface area (TPSA) is 87.0 Å². The number of carbonyl (C=O) groups excluding carboxylic acids is 3. The third-order valence-corrected chi connectivity index (χ3v) is 12.1. The number of anilines is 2. The Labute approximate surface area is 255 Å². The van der Waals surface area contributed by atoms with Gasteiger partial charge in [-0.25, -0.2) is 8.78 Å². The summed E-state index contributed by atoms with van der Waals surface area (Å²) in [5.41, 5.74) is 7.00. The fourth-order valence-electron chi connectivity index (χ4n) is 7.32. The molecule has 5 atom stereocenters. The number of nitrogens with zero attached hydrogens (tertiary/aromatic N) is 3. The summed E-state index contributed by atoms with van der Waals surface area (Å²) in [6, 6.07) is 1.26. The van der Waals surface area contributed by atoms with Crippen molar-refractivity contribution in [3.05, 3.63) is 33.9 Å². The lowest BCUT2D eigenvalue weighted by Crippen LogP contribution is -2.59. The summed E-state index contributed by atoms with van der Waals surface area (Å²) in [6.45, 7) is 9.43. The second-order valence-electron chi connectivity index (χ2n) is 12.9. The first-order valence-corrected chi connectivity index (χ1v) is 17.1. The van der Waals surface area contributed by atoms with E-state index in [4.69, 9.17) is 5.73 Å². The number of hydrogen-bond donors (Lipinski definition) is 1. The van der Waals surface area contributed by atoms with E-state index in [1.54, 1.807) is 16.7 Å². The number of carbonyl (C=O) groups is 3. The number of ketones is 1. The number of allylic oxidation sites excluding steroid dienone is 1. The molecule has 1 saturated carbocycles. The number of rotatable bonds is 9. The first-order valence-electron chi connectivity index (χ1n) is 15.2. The number of Topliss-reactive ketones (excluding diaryl/α,β-unsaturated/α-hetero) is 1. The Hall–Kier alpha value is -2.11. The van der Waals surface area contributed by atoms with E-state index in [2.05, 4.69) is 20.8 Å². The molecule has 228 valence electrons. The minimum absolute atomic E-state index is 0.0329. The molecule has 4 unspecified atom stereocenters.